The van der Waals surface area contributed by atoms with Gasteiger partial charge in [0.1, 0.15) is 6.10 Å². The lowest BCUT2D eigenvalue weighted by atomic mass is 10.1. The molecule has 0 spiro atoms. The molecule has 0 radical (unpaired) electrons. The van der Waals surface area contributed by atoms with Crippen molar-refractivity contribution in [1.82, 2.24) is 10.3 Å². The van der Waals surface area contributed by atoms with Gasteiger partial charge in [0.2, 0.25) is 0 Å². The maximum absolute atomic E-state index is 9.86. The van der Waals surface area contributed by atoms with E-state index >= 15 is 0 Å². The van der Waals surface area contributed by atoms with Gasteiger partial charge in [0.15, 0.2) is 0 Å². The van der Waals surface area contributed by atoms with Gasteiger partial charge in [-0.2, -0.15) is 0 Å². The van der Waals surface area contributed by atoms with Gasteiger partial charge in [0.05, 0.1) is 10.7 Å². The molecule has 4 heteroatoms. The largest absolute Gasteiger partial charge is 0.385 e. The van der Waals surface area contributed by atoms with Crippen LogP contribution in [0.1, 0.15) is 32.6 Å². The Morgan fingerprint density at radius 1 is 1.53 bits per heavy atom. The number of pyridine rings is 1. The minimum atomic E-state index is -0.669. The monoisotopic (exact) mass is 228 g/mol. The Kier molecular flexibility index (Phi) is 4.08. The van der Waals surface area contributed by atoms with Crippen molar-refractivity contribution in [2.24, 2.45) is 0 Å². The average Bonchev–Trinajstić information content (AvgIpc) is 2.14. The van der Waals surface area contributed by atoms with Crippen molar-refractivity contribution < 1.29 is 5.11 Å². The molecule has 2 N–H and O–H groups in total. The summed E-state index contributed by atoms with van der Waals surface area (Å²) in [6, 6.07) is 3.47. The fraction of sp³-hybridized carbons (Fsp3) is 0.545. The van der Waals surface area contributed by atoms with Crippen LogP contribution in [0.4, 0.5) is 0 Å². The SMILES string of the molecule is CC(C)(C)NCC(O)c1ncccc1Cl. The Hall–Kier alpha value is -0.640. The minimum Gasteiger partial charge on any atom is -0.385 e. The molecular formula is C11H17ClN2O. The molecule has 84 valence electrons. The molecule has 0 aliphatic heterocycles. The van der Waals surface area contributed by atoms with Gasteiger partial charge in [0.25, 0.3) is 0 Å². The highest BCUT2D eigenvalue weighted by atomic mass is 35.5. The third-order valence-electron chi connectivity index (χ3n) is 1.93. The molecule has 0 amide bonds. The number of β-amino-alcohol motifs (C(OH)–C–C–N with tert-alkyl or cyclic N) is 1. The van der Waals surface area contributed by atoms with Crippen LogP contribution in [0.25, 0.3) is 0 Å². The molecule has 0 aromatic carbocycles. The van der Waals surface area contributed by atoms with Crippen LogP contribution in [-0.2, 0) is 0 Å². The normalized spacial score (nSPS) is 13.9. The third kappa shape index (κ3) is 4.16. The standard InChI is InChI=1S/C11H17ClN2O/c1-11(2,3)14-7-9(15)10-8(12)5-4-6-13-10/h4-6,9,14-15H,7H2,1-3H3. The summed E-state index contributed by atoms with van der Waals surface area (Å²) in [5.41, 5.74) is 0.498. The number of aliphatic hydroxyl groups is 1. The summed E-state index contributed by atoms with van der Waals surface area (Å²) in [6.07, 6.45) is 0.958. The second-order valence-electron chi connectivity index (χ2n) is 4.52. The van der Waals surface area contributed by atoms with Crippen molar-refractivity contribution in [3.63, 3.8) is 0 Å². The van der Waals surface area contributed by atoms with E-state index in [-0.39, 0.29) is 5.54 Å². The molecule has 0 saturated carbocycles. The summed E-state index contributed by atoms with van der Waals surface area (Å²) >= 11 is 5.92. The summed E-state index contributed by atoms with van der Waals surface area (Å²) in [5, 5.41) is 13.6. The van der Waals surface area contributed by atoms with Gasteiger partial charge in [0, 0.05) is 18.3 Å². The molecule has 3 nitrogen and oxygen atoms in total. The lowest BCUT2D eigenvalue weighted by Crippen LogP contribution is -2.38. The number of rotatable bonds is 3. The van der Waals surface area contributed by atoms with Crippen LogP contribution in [0.5, 0.6) is 0 Å². The van der Waals surface area contributed by atoms with E-state index < -0.39 is 6.10 Å². The van der Waals surface area contributed by atoms with Gasteiger partial charge < -0.3 is 10.4 Å². The van der Waals surface area contributed by atoms with Crippen molar-refractivity contribution in [2.45, 2.75) is 32.4 Å². The highest BCUT2D eigenvalue weighted by Gasteiger charge is 2.16. The maximum Gasteiger partial charge on any atom is 0.110 e. The number of nitrogens with one attached hydrogen (secondary N) is 1. The van der Waals surface area contributed by atoms with Crippen molar-refractivity contribution in [2.75, 3.05) is 6.54 Å². The predicted molar refractivity (Wildman–Crippen MR) is 62.0 cm³/mol. The summed E-state index contributed by atoms with van der Waals surface area (Å²) in [5.74, 6) is 0. The third-order valence-corrected chi connectivity index (χ3v) is 2.25. The van der Waals surface area contributed by atoms with E-state index in [9.17, 15) is 5.11 Å². The number of aromatic nitrogens is 1. The number of hydrogen-bond acceptors (Lipinski definition) is 3. The molecule has 1 atom stereocenters. The van der Waals surface area contributed by atoms with Crippen molar-refractivity contribution in [3.05, 3.63) is 29.0 Å². The topological polar surface area (TPSA) is 45.1 Å². The second-order valence-corrected chi connectivity index (χ2v) is 4.92. The van der Waals surface area contributed by atoms with Gasteiger partial charge in [-0.25, -0.2) is 0 Å². The fourth-order valence-corrected chi connectivity index (χ4v) is 1.39. The molecule has 1 heterocycles. The molecule has 15 heavy (non-hydrogen) atoms. The van der Waals surface area contributed by atoms with Crippen molar-refractivity contribution >= 4 is 11.6 Å². The first-order chi connectivity index (χ1) is 6.90. The number of aliphatic hydroxyl groups excluding tert-OH is 1. The average molecular weight is 229 g/mol. The minimum absolute atomic E-state index is 0.0256. The van der Waals surface area contributed by atoms with E-state index in [1.54, 1.807) is 18.3 Å². The fourth-order valence-electron chi connectivity index (χ4n) is 1.14. The Bertz CT molecular complexity index is 323. The number of halogens is 1. The predicted octanol–water partition coefficient (Wildman–Crippen LogP) is 2.16. The van der Waals surface area contributed by atoms with Crippen LogP contribution >= 0.6 is 11.6 Å². The van der Waals surface area contributed by atoms with Gasteiger partial charge in [-0.05, 0) is 32.9 Å². The van der Waals surface area contributed by atoms with Gasteiger partial charge in [-0.15, -0.1) is 0 Å². The lowest BCUT2D eigenvalue weighted by Gasteiger charge is -2.22. The first-order valence-corrected chi connectivity index (χ1v) is 5.31. The Labute approximate surface area is 95.5 Å². The van der Waals surface area contributed by atoms with Crippen LogP contribution < -0.4 is 5.32 Å². The zero-order valence-electron chi connectivity index (χ0n) is 9.29. The zero-order valence-corrected chi connectivity index (χ0v) is 10.0. The summed E-state index contributed by atoms with van der Waals surface area (Å²) in [4.78, 5) is 4.06. The zero-order chi connectivity index (χ0) is 11.5. The number of hydrogen-bond donors (Lipinski definition) is 2. The Balaban J connectivity index is 2.62. The van der Waals surface area contributed by atoms with Crippen LogP contribution in [0, 0.1) is 0 Å². The van der Waals surface area contributed by atoms with E-state index in [1.807, 2.05) is 20.8 Å². The summed E-state index contributed by atoms with van der Waals surface area (Å²) in [7, 11) is 0. The van der Waals surface area contributed by atoms with Gasteiger partial charge in [-0.1, -0.05) is 11.6 Å². The molecule has 1 rings (SSSR count). The Morgan fingerprint density at radius 2 is 2.20 bits per heavy atom. The summed E-state index contributed by atoms with van der Waals surface area (Å²) in [6.45, 7) is 6.57. The molecule has 1 aromatic heterocycles. The number of nitrogens with zero attached hydrogens (tertiary/aromatic N) is 1. The van der Waals surface area contributed by atoms with E-state index in [1.165, 1.54) is 0 Å². The van der Waals surface area contributed by atoms with Crippen LogP contribution in [-0.4, -0.2) is 22.2 Å². The van der Waals surface area contributed by atoms with E-state index in [4.69, 9.17) is 11.6 Å². The first-order valence-electron chi connectivity index (χ1n) is 4.93. The molecule has 1 aromatic rings. The highest BCUT2D eigenvalue weighted by molar-refractivity contribution is 6.31. The maximum atomic E-state index is 9.86. The van der Waals surface area contributed by atoms with Crippen LogP contribution in [0.15, 0.2) is 18.3 Å². The van der Waals surface area contributed by atoms with Crippen molar-refractivity contribution in [3.8, 4) is 0 Å². The van der Waals surface area contributed by atoms with Gasteiger partial charge >= 0.3 is 0 Å². The first kappa shape index (κ1) is 12.4. The Morgan fingerprint density at radius 3 is 2.73 bits per heavy atom. The van der Waals surface area contributed by atoms with Crippen LogP contribution in [0.3, 0.4) is 0 Å². The highest BCUT2D eigenvalue weighted by Crippen LogP contribution is 2.19. The smallest absolute Gasteiger partial charge is 0.110 e. The quantitative estimate of drug-likeness (QED) is 0.834. The second kappa shape index (κ2) is 4.92. The van der Waals surface area contributed by atoms with E-state index in [2.05, 4.69) is 10.3 Å². The lowest BCUT2D eigenvalue weighted by molar-refractivity contribution is 0.159. The van der Waals surface area contributed by atoms with Gasteiger partial charge in [-0.3, -0.25) is 4.98 Å². The molecule has 1 unspecified atom stereocenters. The molecule has 0 aliphatic carbocycles. The van der Waals surface area contributed by atoms with E-state index in [0.717, 1.165) is 0 Å². The van der Waals surface area contributed by atoms with E-state index in [0.29, 0.717) is 17.3 Å². The van der Waals surface area contributed by atoms with Crippen molar-refractivity contribution in [1.29, 1.82) is 0 Å². The summed E-state index contributed by atoms with van der Waals surface area (Å²) < 4.78 is 0. The molecule has 0 fully saturated rings. The molecule has 0 bridgehead atoms. The molecule has 0 aliphatic rings. The molecule has 0 saturated heterocycles. The molecular weight excluding hydrogens is 212 g/mol. The van der Waals surface area contributed by atoms with Crippen LogP contribution in [0.2, 0.25) is 5.02 Å².